The molecule has 0 aromatic heterocycles. The molecule has 3 heteroatoms. The van der Waals surface area contributed by atoms with Crippen molar-refractivity contribution < 1.29 is 7.54 Å². The molecule has 1 amide bonds. The fourth-order valence-electron chi connectivity index (χ4n) is 0.899. The van der Waals surface area contributed by atoms with Gasteiger partial charge in [-0.25, -0.2) is 0 Å². The van der Waals surface area contributed by atoms with Crippen molar-refractivity contribution in [2.75, 3.05) is 13.0 Å². The molecule has 0 aliphatic rings. The first-order valence-electron chi connectivity index (χ1n) is 5.27. The van der Waals surface area contributed by atoms with E-state index in [2.05, 4.69) is 5.32 Å². The highest BCUT2D eigenvalue weighted by molar-refractivity contribution is 5.75. The molecule has 0 radical (unpaired) electrons. The quantitative estimate of drug-likeness (QED) is 0.724. The molecule has 0 bridgehead atoms. The van der Waals surface area contributed by atoms with Crippen LogP contribution in [0.5, 0.6) is 0 Å². The highest BCUT2D eigenvalue weighted by atomic mass is 16.1. The topological polar surface area (TPSA) is 55.1 Å². The molecule has 0 aliphatic carbocycles. The van der Waals surface area contributed by atoms with Crippen molar-refractivity contribution in [3.8, 4) is 0 Å². The minimum Gasteiger partial charge on any atom is -0.369 e. The van der Waals surface area contributed by atoms with E-state index < -0.39 is 12.4 Å². The zero-order valence-corrected chi connectivity index (χ0v) is 7.73. The summed E-state index contributed by atoms with van der Waals surface area (Å²) in [6.45, 7) is -1.93. The average Bonchev–Trinajstić information content (AvgIpc) is 2.26. The summed E-state index contributed by atoms with van der Waals surface area (Å²) in [5.41, 5.74) is 5.81. The first-order chi connectivity index (χ1) is 7.49. The van der Waals surface area contributed by atoms with Gasteiger partial charge in [0.05, 0.1) is 6.54 Å². The van der Waals surface area contributed by atoms with Crippen LogP contribution < -0.4 is 11.1 Å². The van der Waals surface area contributed by atoms with Crippen molar-refractivity contribution in [2.45, 2.75) is 0 Å². The lowest BCUT2D eigenvalue weighted by molar-refractivity contribution is -0.117. The fourth-order valence-corrected chi connectivity index (χ4v) is 0.899. The Balaban J connectivity index is 2.58. The number of carbonyl (C=O) groups is 1. The Hall–Kier alpha value is -1.61. The van der Waals surface area contributed by atoms with E-state index in [0.717, 1.165) is 5.56 Å². The van der Waals surface area contributed by atoms with Crippen LogP contribution in [0.4, 0.5) is 0 Å². The Kier molecular flexibility index (Phi) is 3.29. The van der Waals surface area contributed by atoms with E-state index in [0.29, 0.717) is 0 Å². The molecule has 0 saturated heterocycles. The monoisotopic (exact) mass is 192 g/mol. The normalized spacial score (nSPS) is 13.7. The van der Waals surface area contributed by atoms with Gasteiger partial charge in [-0.15, -0.1) is 0 Å². The molecule has 0 fully saturated rings. The molecule has 1 aromatic carbocycles. The van der Waals surface area contributed by atoms with Gasteiger partial charge in [0.25, 0.3) is 0 Å². The zero-order chi connectivity index (χ0) is 12.0. The molecule has 14 heavy (non-hydrogen) atoms. The highest BCUT2D eigenvalue weighted by Gasteiger charge is 1.88. The average molecular weight is 192 g/mol. The third-order valence-electron chi connectivity index (χ3n) is 1.52. The Morgan fingerprint density at radius 2 is 2.21 bits per heavy atom. The number of hydrogen-bond donors (Lipinski definition) is 2. The predicted molar refractivity (Wildman–Crippen MR) is 57.5 cm³/mol. The zero-order valence-electron chi connectivity index (χ0n) is 9.73. The summed E-state index contributed by atoms with van der Waals surface area (Å²) < 4.78 is 15.1. The fraction of sp³-hybridized carbons (Fsp3) is 0.182. The minimum absolute atomic E-state index is 0.188. The Bertz CT molecular complexity index is 377. The lowest BCUT2D eigenvalue weighted by Crippen LogP contribution is -2.28. The van der Waals surface area contributed by atoms with Crippen LogP contribution in [0.2, 0.25) is 0 Å². The third kappa shape index (κ3) is 4.42. The SMILES string of the molecule is [2H]C([2H])(C=Cc1ccccc1)NCC(N)=O. The van der Waals surface area contributed by atoms with Gasteiger partial charge in [-0.1, -0.05) is 42.5 Å². The van der Waals surface area contributed by atoms with Crippen LogP contribution in [0.15, 0.2) is 36.4 Å². The third-order valence-corrected chi connectivity index (χ3v) is 1.52. The number of rotatable bonds is 5. The van der Waals surface area contributed by atoms with Crippen LogP contribution in [-0.4, -0.2) is 18.9 Å². The van der Waals surface area contributed by atoms with Gasteiger partial charge >= 0.3 is 0 Å². The van der Waals surface area contributed by atoms with Crippen molar-refractivity contribution in [1.29, 1.82) is 0 Å². The smallest absolute Gasteiger partial charge is 0.231 e. The maximum atomic E-state index is 10.5. The maximum absolute atomic E-state index is 10.5. The first kappa shape index (κ1) is 7.76. The predicted octanol–water partition coefficient (Wildman–Crippen LogP) is 0.775. The molecule has 0 spiro atoms. The molecule has 0 unspecified atom stereocenters. The molecular weight excluding hydrogens is 176 g/mol. The summed E-state index contributed by atoms with van der Waals surface area (Å²) >= 11 is 0. The van der Waals surface area contributed by atoms with Crippen LogP contribution in [0.3, 0.4) is 0 Å². The van der Waals surface area contributed by atoms with E-state index in [9.17, 15) is 4.79 Å². The van der Waals surface area contributed by atoms with E-state index in [1.54, 1.807) is 6.08 Å². The van der Waals surface area contributed by atoms with E-state index in [-0.39, 0.29) is 6.54 Å². The van der Waals surface area contributed by atoms with Crippen LogP contribution in [0, 0.1) is 0 Å². The van der Waals surface area contributed by atoms with Gasteiger partial charge in [-0.3, -0.25) is 4.79 Å². The highest BCUT2D eigenvalue weighted by Crippen LogP contribution is 1.99. The van der Waals surface area contributed by atoms with Crippen molar-refractivity contribution >= 4 is 12.0 Å². The molecule has 3 nitrogen and oxygen atoms in total. The molecule has 1 rings (SSSR count). The number of nitrogens with two attached hydrogens (primary N) is 1. The summed E-state index contributed by atoms with van der Waals surface area (Å²) in [4.78, 5) is 10.5. The van der Waals surface area contributed by atoms with Crippen molar-refractivity contribution in [3.05, 3.63) is 42.0 Å². The minimum atomic E-state index is -1.75. The molecule has 0 saturated carbocycles. The molecule has 0 atom stereocenters. The molecule has 1 aromatic rings. The molecule has 0 heterocycles. The first-order valence-corrected chi connectivity index (χ1v) is 4.27. The molecule has 74 valence electrons. The van der Waals surface area contributed by atoms with Gasteiger partial charge < -0.3 is 11.1 Å². The Morgan fingerprint density at radius 1 is 1.50 bits per heavy atom. The van der Waals surface area contributed by atoms with E-state index >= 15 is 0 Å². The van der Waals surface area contributed by atoms with Crippen molar-refractivity contribution in [1.82, 2.24) is 5.32 Å². The lowest BCUT2D eigenvalue weighted by atomic mass is 10.2. The largest absolute Gasteiger partial charge is 0.369 e. The number of carbonyl (C=O) groups excluding carboxylic acids is 1. The molecular formula is C11H14N2O. The molecule has 3 N–H and O–H groups in total. The summed E-state index contributed by atoms with van der Waals surface area (Å²) in [6, 6.07) is 9.34. The molecule has 0 aliphatic heterocycles. The van der Waals surface area contributed by atoms with Gasteiger partial charge in [-0.2, -0.15) is 0 Å². The van der Waals surface area contributed by atoms with Crippen LogP contribution in [0.1, 0.15) is 8.30 Å². The summed E-state index contributed by atoms with van der Waals surface area (Å²) in [5.74, 6) is -0.586. The van der Waals surface area contributed by atoms with Crippen LogP contribution >= 0.6 is 0 Å². The second-order valence-electron chi connectivity index (χ2n) is 2.71. The van der Waals surface area contributed by atoms with E-state index in [1.165, 1.54) is 6.08 Å². The number of primary amides is 1. The van der Waals surface area contributed by atoms with Gasteiger partial charge in [0.2, 0.25) is 5.91 Å². The lowest BCUT2D eigenvalue weighted by Gasteiger charge is -1.95. The van der Waals surface area contributed by atoms with Crippen molar-refractivity contribution in [2.24, 2.45) is 5.73 Å². The second kappa shape index (κ2) is 5.94. The number of amides is 1. The van der Waals surface area contributed by atoms with Crippen LogP contribution in [0.25, 0.3) is 6.08 Å². The Morgan fingerprint density at radius 3 is 2.86 bits per heavy atom. The van der Waals surface area contributed by atoms with Crippen molar-refractivity contribution in [3.63, 3.8) is 0 Å². The maximum Gasteiger partial charge on any atom is 0.231 e. The number of benzene rings is 1. The second-order valence-corrected chi connectivity index (χ2v) is 2.71. The van der Waals surface area contributed by atoms with Crippen LogP contribution in [-0.2, 0) is 4.79 Å². The standard InChI is InChI=1S/C11H14N2O/c12-11(14)9-13-8-4-7-10-5-2-1-3-6-10/h1-7,13H,8-9H2,(H2,12,14)/i8D2. The number of hydrogen-bond acceptors (Lipinski definition) is 2. The number of nitrogens with one attached hydrogen (secondary N) is 1. The Labute approximate surface area is 86.4 Å². The van der Waals surface area contributed by atoms with Gasteiger partial charge in [-0.05, 0) is 5.56 Å². The summed E-state index contributed by atoms with van der Waals surface area (Å²) in [6.07, 6.45) is 3.00. The summed E-state index contributed by atoms with van der Waals surface area (Å²) in [5, 5.41) is 2.40. The van der Waals surface area contributed by atoms with E-state index in [4.69, 9.17) is 8.48 Å². The van der Waals surface area contributed by atoms with Gasteiger partial charge in [0, 0.05) is 9.24 Å². The van der Waals surface area contributed by atoms with E-state index in [1.807, 2.05) is 30.3 Å². The van der Waals surface area contributed by atoms with Gasteiger partial charge in [0.1, 0.15) is 0 Å². The summed E-state index contributed by atoms with van der Waals surface area (Å²) in [7, 11) is 0. The van der Waals surface area contributed by atoms with Gasteiger partial charge in [0.15, 0.2) is 0 Å².